The summed E-state index contributed by atoms with van der Waals surface area (Å²) in [6, 6.07) is 13.8. The maximum atomic E-state index is 11.7. The molecule has 0 heterocycles. The van der Waals surface area contributed by atoms with Gasteiger partial charge in [0, 0.05) is 0 Å². The van der Waals surface area contributed by atoms with Gasteiger partial charge in [-0.1, -0.05) is 42.5 Å². The Morgan fingerprint density at radius 1 is 1.21 bits per heavy atom. The first kappa shape index (κ1) is 13.3. The normalized spacial score (nSPS) is 12.1. The molecule has 2 rings (SSSR count). The minimum absolute atomic E-state index is 0.290. The van der Waals surface area contributed by atoms with E-state index >= 15 is 0 Å². The van der Waals surface area contributed by atoms with E-state index in [0.717, 1.165) is 16.3 Å². The van der Waals surface area contributed by atoms with Gasteiger partial charge in [-0.2, -0.15) is 0 Å². The molecule has 0 saturated heterocycles. The molecule has 0 fully saturated rings. The van der Waals surface area contributed by atoms with Crippen LogP contribution in [0.1, 0.15) is 12.5 Å². The number of carbonyl (C=O) groups is 2. The Balaban J connectivity index is 2.29. The van der Waals surface area contributed by atoms with Crippen molar-refractivity contribution < 1.29 is 14.3 Å². The molecule has 0 aliphatic heterocycles. The summed E-state index contributed by atoms with van der Waals surface area (Å²) in [7, 11) is 0. The first-order valence-electron chi connectivity index (χ1n) is 6.34. The van der Waals surface area contributed by atoms with Gasteiger partial charge < -0.3 is 9.53 Å². The third-order valence-electron chi connectivity index (χ3n) is 3.07. The summed E-state index contributed by atoms with van der Waals surface area (Å²) in [5.41, 5.74) is 0.989. The Kier molecular flexibility index (Phi) is 4.29. The van der Waals surface area contributed by atoms with Crippen molar-refractivity contribution in [3.05, 3.63) is 48.0 Å². The zero-order chi connectivity index (χ0) is 13.7. The van der Waals surface area contributed by atoms with Gasteiger partial charge in [0.15, 0.2) is 0 Å². The van der Waals surface area contributed by atoms with Crippen molar-refractivity contribution in [2.75, 3.05) is 6.61 Å². The van der Waals surface area contributed by atoms with Gasteiger partial charge in [0.25, 0.3) is 0 Å². The van der Waals surface area contributed by atoms with Crippen molar-refractivity contribution in [3.8, 4) is 0 Å². The van der Waals surface area contributed by atoms with Crippen molar-refractivity contribution in [2.24, 2.45) is 5.92 Å². The number of hydrogen-bond donors (Lipinski definition) is 0. The zero-order valence-electron chi connectivity index (χ0n) is 10.8. The summed E-state index contributed by atoms with van der Waals surface area (Å²) in [5, 5.41) is 2.18. The Bertz CT molecular complexity index is 584. The largest absolute Gasteiger partial charge is 0.465 e. The summed E-state index contributed by atoms with van der Waals surface area (Å²) < 4.78 is 4.91. The number of aldehydes is 1. The zero-order valence-corrected chi connectivity index (χ0v) is 10.8. The highest BCUT2D eigenvalue weighted by Gasteiger charge is 2.20. The van der Waals surface area contributed by atoms with Crippen molar-refractivity contribution in [3.63, 3.8) is 0 Å². The fourth-order valence-corrected chi connectivity index (χ4v) is 2.14. The average molecular weight is 256 g/mol. The molecule has 0 radical (unpaired) electrons. The van der Waals surface area contributed by atoms with Gasteiger partial charge >= 0.3 is 5.97 Å². The quantitative estimate of drug-likeness (QED) is 0.469. The summed E-state index contributed by atoms with van der Waals surface area (Å²) >= 11 is 0. The molecule has 0 bridgehead atoms. The Morgan fingerprint density at radius 2 is 1.95 bits per heavy atom. The lowest BCUT2D eigenvalue weighted by molar-refractivity contribution is -0.149. The van der Waals surface area contributed by atoms with Gasteiger partial charge in [-0.05, 0) is 29.7 Å². The molecule has 0 amide bonds. The topological polar surface area (TPSA) is 43.4 Å². The highest BCUT2D eigenvalue weighted by Crippen LogP contribution is 2.21. The number of rotatable bonds is 5. The third-order valence-corrected chi connectivity index (χ3v) is 3.07. The second-order valence-corrected chi connectivity index (χ2v) is 4.34. The number of hydrogen-bond acceptors (Lipinski definition) is 3. The van der Waals surface area contributed by atoms with E-state index in [2.05, 4.69) is 0 Å². The fourth-order valence-electron chi connectivity index (χ4n) is 2.14. The SMILES string of the molecule is CCOC(=O)C(C=O)Cc1cccc2ccccc12. The summed E-state index contributed by atoms with van der Waals surface area (Å²) in [6.07, 6.45) is 1.05. The number of fused-ring (bicyclic) bond motifs is 1. The number of carbonyl (C=O) groups excluding carboxylic acids is 2. The van der Waals surface area contributed by atoms with Crippen LogP contribution in [0.25, 0.3) is 10.8 Å². The maximum absolute atomic E-state index is 11.7. The van der Waals surface area contributed by atoms with E-state index in [1.807, 2.05) is 42.5 Å². The van der Waals surface area contributed by atoms with Crippen LogP contribution in [0.2, 0.25) is 0 Å². The van der Waals surface area contributed by atoms with E-state index in [1.54, 1.807) is 6.92 Å². The predicted octanol–water partition coefficient (Wildman–Crippen LogP) is 2.76. The minimum atomic E-state index is -0.731. The molecule has 2 aromatic rings. The third kappa shape index (κ3) is 2.99. The number of ether oxygens (including phenoxy) is 1. The van der Waals surface area contributed by atoms with Gasteiger partial charge in [0.1, 0.15) is 12.2 Å². The lowest BCUT2D eigenvalue weighted by Gasteiger charge is -2.11. The summed E-state index contributed by atoms with van der Waals surface area (Å²) in [6.45, 7) is 2.02. The Hall–Kier alpha value is -2.16. The van der Waals surface area contributed by atoms with Gasteiger partial charge in [0.05, 0.1) is 6.61 Å². The molecule has 0 aliphatic rings. The first-order chi connectivity index (χ1) is 9.26. The highest BCUT2D eigenvalue weighted by atomic mass is 16.5. The maximum Gasteiger partial charge on any atom is 0.316 e. The smallest absolute Gasteiger partial charge is 0.316 e. The molecule has 2 aromatic carbocycles. The van der Waals surface area contributed by atoms with Gasteiger partial charge in [0.2, 0.25) is 0 Å². The van der Waals surface area contributed by atoms with Crippen molar-refractivity contribution >= 4 is 23.0 Å². The van der Waals surface area contributed by atoms with Gasteiger partial charge in [-0.3, -0.25) is 4.79 Å². The van der Waals surface area contributed by atoms with Crippen LogP contribution in [0.3, 0.4) is 0 Å². The molecule has 19 heavy (non-hydrogen) atoms. The molecule has 98 valence electrons. The second-order valence-electron chi connectivity index (χ2n) is 4.34. The Labute approximate surface area is 112 Å². The van der Waals surface area contributed by atoms with Crippen LogP contribution >= 0.6 is 0 Å². The molecule has 0 aromatic heterocycles. The van der Waals surface area contributed by atoms with E-state index < -0.39 is 11.9 Å². The lowest BCUT2D eigenvalue weighted by atomic mass is 9.96. The standard InChI is InChI=1S/C16H16O3/c1-2-19-16(18)14(11-17)10-13-8-5-7-12-6-3-4-9-15(12)13/h3-9,11,14H,2,10H2,1H3. The van der Waals surface area contributed by atoms with Crippen LogP contribution in [0.4, 0.5) is 0 Å². The summed E-state index contributed by atoms with van der Waals surface area (Å²) in [4.78, 5) is 22.7. The second kappa shape index (κ2) is 6.14. The molecule has 0 spiro atoms. The van der Waals surface area contributed by atoms with Crippen molar-refractivity contribution in [1.82, 2.24) is 0 Å². The summed E-state index contributed by atoms with van der Waals surface area (Å²) in [5.74, 6) is -1.18. The number of esters is 1. The minimum Gasteiger partial charge on any atom is -0.465 e. The molecule has 0 saturated carbocycles. The molecular weight excluding hydrogens is 240 g/mol. The lowest BCUT2D eigenvalue weighted by Crippen LogP contribution is -2.21. The molecule has 3 nitrogen and oxygen atoms in total. The van der Waals surface area contributed by atoms with Gasteiger partial charge in [-0.15, -0.1) is 0 Å². The van der Waals surface area contributed by atoms with Crippen molar-refractivity contribution in [1.29, 1.82) is 0 Å². The predicted molar refractivity (Wildman–Crippen MR) is 73.8 cm³/mol. The van der Waals surface area contributed by atoms with Gasteiger partial charge in [-0.25, -0.2) is 0 Å². The van der Waals surface area contributed by atoms with Crippen LogP contribution < -0.4 is 0 Å². The first-order valence-corrected chi connectivity index (χ1v) is 6.34. The molecule has 1 atom stereocenters. The van der Waals surface area contributed by atoms with E-state index in [1.165, 1.54) is 0 Å². The van der Waals surface area contributed by atoms with Crippen LogP contribution in [0.5, 0.6) is 0 Å². The van der Waals surface area contributed by atoms with Crippen LogP contribution in [-0.4, -0.2) is 18.9 Å². The molecule has 0 aliphatic carbocycles. The van der Waals surface area contributed by atoms with Crippen LogP contribution in [0.15, 0.2) is 42.5 Å². The van der Waals surface area contributed by atoms with E-state index in [0.29, 0.717) is 19.3 Å². The number of benzene rings is 2. The average Bonchev–Trinajstić information content (AvgIpc) is 2.45. The molecule has 1 unspecified atom stereocenters. The van der Waals surface area contributed by atoms with Crippen LogP contribution in [0, 0.1) is 5.92 Å². The van der Waals surface area contributed by atoms with E-state index in [-0.39, 0.29) is 0 Å². The highest BCUT2D eigenvalue weighted by molar-refractivity contribution is 5.90. The van der Waals surface area contributed by atoms with E-state index in [9.17, 15) is 9.59 Å². The van der Waals surface area contributed by atoms with E-state index in [4.69, 9.17) is 4.74 Å². The van der Waals surface area contributed by atoms with Crippen molar-refractivity contribution in [2.45, 2.75) is 13.3 Å². The molecule has 0 N–H and O–H groups in total. The fraction of sp³-hybridized carbons (Fsp3) is 0.250. The Morgan fingerprint density at radius 3 is 2.68 bits per heavy atom. The monoisotopic (exact) mass is 256 g/mol. The molecular formula is C16H16O3. The molecule has 3 heteroatoms. The van der Waals surface area contributed by atoms with Crippen LogP contribution in [-0.2, 0) is 20.7 Å².